The highest BCUT2D eigenvalue weighted by Crippen LogP contribution is 2.30. The first-order chi connectivity index (χ1) is 13.6. The third-order valence-electron chi connectivity index (χ3n) is 5.30. The molecule has 2 aromatic carbocycles. The number of rotatable bonds is 2. The molecule has 2 aromatic heterocycles. The van der Waals surface area contributed by atoms with Crippen molar-refractivity contribution >= 4 is 39.8 Å². The van der Waals surface area contributed by atoms with Crippen molar-refractivity contribution in [3.63, 3.8) is 0 Å². The fourth-order valence-electron chi connectivity index (χ4n) is 3.89. The van der Waals surface area contributed by atoms with Crippen molar-refractivity contribution in [1.82, 2.24) is 25.3 Å². The number of fused-ring (bicyclic) bond motifs is 2. The van der Waals surface area contributed by atoms with Crippen LogP contribution in [0.5, 0.6) is 0 Å². The van der Waals surface area contributed by atoms with Crippen LogP contribution >= 0.6 is 12.4 Å². The number of hydrogen-bond acceptors (Lipinski definition) is 4. The zero-order chi connectivity index (χ0) is 19.3. The lowest BCUT2D eigenvalue weighted by molar-refractivity contribution is 0.638. The highest BCUT2D eigenvalue weighted by Gasteiger charge is 2.13. The molecule has 1 N–H and O–H groups in total. The van der Waals surface area contributed by atoms with E-state index in [0.717, 1.165) is 52.7 Å². The van der Waals surface area contributed by atoms with Crippen LogP contribution in [-0.2, 0) is 7.05 Å². The predicted molar refractivity (Wildman–Crippen MR) is 117 cm³/mol. The minimum Gasteiger partial charge on any atom is -0.313 e. The van der Waals surface area contributed by atoms with Crippen LogP contribution in [0.15, 0.2) is 42.6 Å². The molecule has 0 saturated carbocycles. The lowest BCUT2D eigenvalue weighted by atomic mass is 9.98. The van der Waals surface area contributed by atoms with Gasteiger partial charge >= 0.3 is 0 Å². The molecule has 1 aliphatic rings. The minimum atomic E-state index is -0.262. The average molecular weight is 410 g/mol. The first-order valence-corrected chi connectivity index (χ1v) is 9.40. The van der Waals surface area contributed by atoms with Crippen molar-refractivity contribution in [2.45, 2.75) is 13.3 Å². The number of hydrogen-bond donors (Lipinski definition) is 1. The van der Waals surface area contributed by atoms with E-state index < -0.39 is 0 Å². The molecule has 3 heterocycles. The molecule has 148 valence electrons. The summed E-state index contributed by atoms with van der Waals surface area (Å²) in [5.41, 5.74) is 6.22. The first-order valence-electron chi connectivity index (χ1n) is 9.40. The Bertz CT molecular complexity index is 1260. The van der Waals surface area contributed by atoms with E-state index in [9.17, 15) is 4.39 Å². The van der Waals surface area contributed by atoms with Crippen LogP contribution in [0, 0.1) is 12.7 Å². The Morgan fingerprint density at radius 2 is 1.93 bits per heavy atom. The lowest BCUT2D eigenvalue weighted by Crippen LogP contribution is -2.20. The van der Waals surface area contributed by atoms with Gasteiger partial charge < -0.3 is 5.32 Å². The van der Waals surface area contributed by atoms with Crippen LogP contribution < -0.4 is 5.32 Å². The number of nitrogens with one attached hydrogen (secondary N) is 1. The van der Waals surface area contributed by atoms with Gasteiger partial charge in [-0.3, -0.25) is 4.68 Å². The van der Waals surface area contributed by atoms with Gasteiger partial charge in [0.15, 0.2) is 0 Å². The maximum Gasteiger partial charge on any atom is 0.133 e. The third kappa shape index (κ3) is 3.50. The van der Waals surface area contributed by atoms with Gasteiger partial charge in [-0.25, -0.2) is 4.39 Å². The zero-order valence-electron chi connectivity index (χ0n) is 16.2. The summed E-state index contributed by atoms with van der Waals surface area (Å²) in [5.74, 6) is -0.262. The van der Waals surface area contributed by atoms with E-state index in [-0.39, 0.29) is 18.2 Å². The highest BCUT2D eigenvalue weighted by atomic mass is 35.5. The Hall–Kier alpha value is -2.83. The molecule has 4 aromatic rings. The summed E-state index contributed by atoms with van der Waals surface area (Å²) in [6, 6.07) is 9.38. The van der Waals surface area contributed by atoms with E-state index in [4.69, 9.17) is 0 Å². The summed E-state index contributed by atoms with van der Waals surface area (Å²) < 4.78 is 16.7. The summed E-state index contributed by atoms with van der Waals surface area (Å²) >= 11 is 0. The predicted octanol–water partition coefficient (Wildman–Crippen LogP) is 4.43. The van der Waals surface area contributed by atoms with Gasteiger partial charge in [0.1, 0.15) is 5.82 Å². The Labute approximate surface area is 174 Å². The second-order valence-corrected chi connectivity index (χ2v) is 7.34. The van der Waals surface area contributed by atoms with Gasteiger partial charge in [0.25, 0.3) is 0 Å². The van der Waals surface area contributed by atoms with E-state index in [0.29, 0.717) is 16.6 Å². The molecule has 0 fully saturated rings. The molecule has 0 amide bonds. The third-order valence-corrected chi connectivity index (χ3v) is 5.30. The molecule has 7 heteroatoms. The van der Waals surface area contributed by atoms with Crippen LogP contribution in [0.1, 0.15) is 17.5 Å². The molecule has 5 rings (SSSR count). The summed E-state index contributed by atoms with van der Waals surface area (Å²) in [7, 11) is 1.90. The number of benzene rings is 2. The van der Waals surface area contributed by atoms with Crippen molar-refractivity contribution in [2.24, 2.45) is 7.05 Å². The molecule has 0 atom stereocenters. The van der Waals surface area contributed by atoms with E-state index in [1.165, 1.54) is 0 Å². The van der Waals surface area contributed by atoms with Crippen molar-refractivity contribution < 1.29 is 4.39 Å². The van der Waals surface area contributed by atoms with Crippen molar-refractivity contribution in [2.75, 3.05) is 13.1 Å². The molecule has 1 aliphatic heterocycles. The molecule has 5 nitrogen and oxygen atoms in total. The number of halogens is 2. The Morgan fingerprint density at radius 1 is 1.07 bits per heavy atom. The van der Waals surface area contributed by atoms with Crippen LogP contribution in [0.4, 0.5) is 4.39 Å². The minimum absolute atomic E-state index is 0. The molecule has 0 bridgehead atoms. The molecule has 0 saturated heterocycles. The summed E-state index contributed by atoms with van der Waals surface area (Å²) in [5, 5.41) is 18.0. The molecule has 0 aliphatic carbocycles. The second kappa shape index (κ2) is 7.54. The Kier molecular flexibility index (Phi) is 5.06. The Morgan fingerprint density at radius 3 is 2.72 bits per heavy atom. The topological polar surface area (TPSA) is 55.6 Å². The quantitative estimate of drug-likeness (QED) is 0.532. The average Bonchev–Trinajstić information content (AvgIpc) is 3.09. The monoisotopic (exact) mass is 409 g/mol. The fourth-order valence-corrected chi connectivity index (χ4v) is 3.89. The first kappa shape index (κ1) is 19.5. The van der Waals surface area contributed by atoms with E-state index in [1.807, 2.05) is 38.4 Å². The lowest BCUT2D eigenvalue weighted by Gasteiger charge is -2.15. The van der Waals surface area contributed by atoms with Crippen molar-refractivity contribution in [3.05, 3.63) is 59.5 Å². The van der Waals surface area contributed by atoms with E-state index in [1.54, 1.807) is 16.8 Å². The normalized spacial score (nSPS) is 14.1. The van der Waals surface area contributed by atoms with Gasteiger partial charge in [-0.1, -0.05) is 6.08 Å². The molecule has 0 unspecified atom stereocenters. The standard InChI is InChI=1S/C22H20FN5.ClH/c1-13-7-16(8-17-12-28(2)27-22(13)17)20-11-18-19(23)9-15(10-21(18)26-25-20)14-3-5-24-6-4-14;/h3,7-12,24H,4-6H2,1-2H3;1H. The van der Waals surface area contributed by atoms with Crippen molar-refractivity contribution in [3.8, 4) is 11.3 Å². The highest BCUT2D eigenvalue weighted by molar-refractivity contribution is 5.89. The molecular formula is C22H21ClFN5. The second-order valence-electron chi connectivity index (χ2n) is 7.34. The number of nitrogens with zero attached hydrogens (tertiary/aromatic N) is 4. The zero-order valence-corrected chi connectivity index (χ0v) is 17.1. The maximum absolute atomic E-state index is 14.9. The van der Waals surface area contributed by atoms with Gasteiger partial charge in [-0.05, 0) is 66.9 Å². The summed E-state index contributed by atoms with van der Waals surface area (Å²) in [6.07, 6.45) is 4.97. The molecule has 0 spiro atoms. The van der Waals surface area contributed by atoms with Crippen LogP contribution in [0.3, 0.4) is 0 Å². The van der Waals surface area contributed by atoms with Gasteiger partial charge in [0, 0.05) is 36.1 Å². The smallest absolute Gasteiger partial charge is 0.133 e. The summed E-state index contributed by atoms with van der Waals surface area (Å²) in [4.78, 5) is 0. The number of aromatic nitrogens is 4. The largest absolute Gasteiger partial charge is 0.313 e. The van der Waals surface area contributed by atoms with Crippen molar-refractivity contribution in [1.29, 1.82) is 0 Å². The van der Waals surface area contributed by atoms with Gasteiger partial charge in [0.2, 0.25) is 0 Å². The fraction of sp³-hybridized carbons (Fsp3) is 0.227. The van der Waals surface area contributed by atoms with Gasteiger partial charge in [0.05, 0.1) is 16.7 Å². The van der Waals surface area contributed by atoms with Gasteiger partial charge in [-0.2, -0.15) is 5.10 Å². The number of aryl methyl sites for hydroxylation is 2. The summed E-state index contributed by atoms with van der Waals surface area (Å²) in [6.45, 7) is 3.75. The van der Waals surface area contributed by atoms with E-state index >= 15 is 0 Å². The van der Waals surface area contributed by atoms with E-state index in [2.05, 4.69) is 26.7 Å². The molecule has 29 heavy (non-hydrogen) atoms. The Balaban J connectivity index is 0.00000205. The SMILES string of the molecule is Cc1cc(-c2cc3c(F)cc(C4=CCNCC4)cc3nn2)cc2cn(C)nc12.Cl. The van der Waals surface area contributed by atoms with Gasteiger partial charge in [-0.15, -0.1) is 22.6 Å². The molecular weight excluding hydrogens is 389 g/mol. The van der Waals surface area contributed by atoms with Crippen LogP contribution in [0.2, 0.25) is 0 Å². The van der Waals surface area contributed by atoms with Crippen LogP contribution in [0.25, 0.3) is 38.6 Å². The maximum atomic E-state index is 14.9. The van der Waals surface area contributed by atoms with Crippen LogP contribution in [-0.4, -0.2) is 33.1 Å². The molecule has 0 radical (unpaired) electrons.